The molecular formula is C12H22N4O2S. The predicted molar refractivity (Wildman–Crippen MR) is 73.4 cm³/mol. The Morgan fingerprint density at radius 3 is 2.37 bits per heavy atom. The molecule has 2 heterocycles. The third-order valence-corrected chi connectivity index (χ3v) is 5.89. The van der Waals surface area contributed by atoms with E-state index in [2.05, 4.69) is 17.2 Å². The second kappa shape index (κ2) is 4.88. The van der Waals surface area contributed by atoms with E-state index < -0.39 is 10.0 Å². The van der Waals surface area contributed by atoms with Gasteiger partial charge in [-0.3, -0.25) is 0 Å². The van der Waals surface area contributed by atoms with Gasteiger partial charge in [0.1, 0.15) is 5.82 Å². The molecule has 1 aromatic heterocycles. The molecule has 0 aliphatic carbocycles. The second-order valence-electron chi connectivity index (χ2n) is 5.45. The molecule has 19 heavy (non-hydrogen) atoms. The Kier molecular flexibility index (Phi) is 3.72. The lowest BCUT2D eigenvalue weighted by Crippen LogP contribution is -2.51. The first kappa shape index (κ1) is 14.5. The van der Waals surface area contributed by atoms with Crippen LogP contribution in [0.1, 0.15) is 25.6 Å². The Hall–Kier alpha value is -0.920. The summed E-state index contributed by atoms with van der Waals surface area (Å²) in [4.78, 5) is 4.13. The lowest BCUT2D eigenvalue weighted by Gasteiger charge is -2.38. The normalized spacial score (nSPS) is 20.6. The molecule has 1 aliphatic rings. The summed E-state index contributed by atoms with van der Waals surface area (Å²) >= 11 is 0. The average Bonchev–Trinajstić information content (AvgIpc) is 2.71. The number of aromatic nitrogens is 2. The fourth-order valence-corrected chi connectivity index (χ4v) is 3.72. The molecule has 2 rings (SSSR count). The molecule has 1 aromatic rings. The van der Waals surface area contributed by atoms with Crippen LogP contribution in [0, 0.1) is 6.92 Å². The van der Waals surface area contributed by atoms with Crippen molar-refractivity contribution in [2.45, 2.75) is 37.3 Å². The van der Waals surface area contributed by atoms with Gasteiger partial charge in [-0.25, -0.2) is 13.4 Å². The summed E-state index contributed by atoms with van der Waals surface area (Å²) in [7, 11) is 0.276. The van der Waals surface area contributed by atoms with Gasteiger partial charge in [0.05, 0.1) is 0 Å². The number of rotatable bonds is 3. The predicted octanol–water partition coefficient (Wildman–Crippen LogP) is 0.491. The van der Waals surface area contributed by atoms with Crippen LogP contribution in [0.25, 0.3) is 0 Å². The van der Waals surface area contributed by atoms with Crippen molar-refractivity contribution >= 4 is 10.0 Å². The molecule has 1 saturated heterocycles. The van der Waals surface area contributed by atoms with Crippen molar-refractivity contribution in [3.8, 4) is 0 Å². The minimum absolute atomic E-state index is 0.0338. The first-order valence-electron chi connectivity index (χ1n) is 6.47. The largest absolute Gasteiger partial charge is 0.337 e. The zero-order chi connectivity index (χ0) is 14.3. The van der Waals surface area contributed by atoms with E-state index in [4.69, 9.17) is 0 Å². The molecule has 108 valence electrons. The summed E-state index contributed by atoms with van der Waals surface area (Å²) in [6.07, 6.45) is 3.21. The fourth-order valence-electron chi connectivity index (χ4n) is 2.25. The van der Waals surface area contributed by atoms with E-state index in [1.807, 2.05) is 7.05 Å². The number of nitrogens with zero attached hydrogens (tertiary/aromatic N) is 3. The van der Waals surface area contributed by atoms with Crippen molar-refractivity contribution in [2.75, 3.05) is 20.1 Å². The molecule has 6 nitrogen and oxygen atoms in total. The van der Waals surface area contributed by atoms with Gasteiger partial charge in [-0.05, 0) is 33.7 Å². The Labute approximate surface area is 114 Å². The van der Waals surface area contributed by atoms with Gasteiger partial charge in [0, 0.05) is 31.9 Å². The summed E-state index contributed by atoms with van der Waals surface area (Å²) in [5.74, 6) is 0.704. The van der Waals surface area contributed by atoms with Crippen LogP contribution >= 0.6 is 0 Å². The minimum atomic E-state index is -3.45. The first-order chi connectivity index (χ1) is 8.78. The first-order valence-corrected chi connectivity index (χ1v) is 7.91. The van der Waals surface area contributed by atoms with Crippen molar-refractivity contribution in [1.82, 2.24) is 19.2 Å². The van der Waals surface area contributed by atoms with E-state index in [0.717, 1.165) is 12.8 Å². The van der Waals surface area contributed by atoms with Crippen LogP contribution in [0.2, 0.25) is 0 Å². The van der Waals surface area contributed by atoms with Gasteiger partial charge in [-0.2, -0.15) is 4.31 Å². The van der Waals surface area contributed by atoms with Gasteiger partial charge >= 0.3 is 0 Å². The number of hydrogen-bond acceptors (Lipinski definition) is 4. The van der Waals surface area contributed by atoms with E-state index in [-0.39, 0.29) is 10.6 Å². The van der Waals surface area contributed by atoms with Crippen LogP contribution in [0.4, 0.5) is 0 Å². The van der Waals surface area contributed by atoms with Crippen molar-refractivity contribution in [3.05, 3.63) is 12.0 Å². The standard InChI is InChI=1S/C12H22N4O2S/c1-10-14-11(9-15(10)4)19(17,18)16-7-5-12(2,13-3)6-8-16/h9,13H,5-8H2,1-4H3. The highest BCUT2D eigenvalue weighted by Gasteiger charge is 2.35. The second-order valence-corrected chi connectivity index (χ2v) is 7.34. The molecule has 0 unspecified atom stereocenters. The van der Waals surface area contributed by atoms with E-state index in [0.29, 0.717) is 18.9 Å². The molecule has 0 radical (unpaired) electrons. The smallest absolute Gasteiger partial charge is 0.262 e. The Balaban J connectivity index is 2.18. The summed E-state index contributed by atoms with van der Waals surface area (Å²) in [6.45, 7) is 5.00. The molecule has 0 aromatic carbocycles. The van der Waals surface area contributed by atoms with E-state index in [1.54, 1.807) is 24.7 Å². The van der Waals surface area contributed by atoms with Crippen LogP contribution in [0.5, 0.6) is 0 Å². The summed E-state index contributed by atoms with van der Waals surface area (Å²) in [6, 6.07) is 0. The van der Waals surface area contributed by atoms with Gasteiger partial charge in [0.2, 0.25) is 0 Å². The average molecular weight is 286 g/mol. The van der Waals surface area contributed by atoms with Gasteiger partial charge in [0.15, 0.2) is 5.03 Å². The summed E-state index contributed by atoms with van der Waals surface area (Å²) in [5, 5.41) is 3.42. The molecule has 0 amide bonds. The maximum absolute atomic E-state index is 12.5. The molecule has 0 bridgehead atoms. The number of imidazole rings is 1. The van der Waals surface area contributed by atoms with E-state index in [9.17, 15) is 8.42 Å². The van der Waals surface area contributed by atoms with Crippen LogP contribution in [-0.2, 0) is 17.1 Å². The summed E-state index contributed by atoms with van der Waals surface area (Å²) < 4.78 is 28.2. The number of piperidine rings is 1. The number of nitrogens with one attached hydrogen (secondary N) is 1. The lowest BCUT2D eigenvalue weighted by molar-refractivity contribution is 0.219. The quantitative estimate of drug-likeness (QED) is 0.878. The van der Waals surface area contributed by atoms with Crippen molar-refractivity contribution in [1.29, 1.82) is 0 Å². The number of sulfonamides is 1. The zero-order valence-electron chi connectivity index (χ0n) is 12.0. The zero-order valence-corrected chi connectivity index (χ0v) is 12.8. The van der Waals surface area contributed by atoms with E-state index in [1.165, 1.54) is 4.31 Å². The van der Waals surface area contributed by atoms with E-state index >= 15 is 0 Å². The topological polar surface area (TPSA) is 67.2 Å². The van der Waals surface area contributed by atoms with Gasteiger partial charge < -0.3 is 9.88 Å². The maximum atomic E-state index is 12.5. The van der Waals surface area contributed by atoms with Crippen molar-refractivity contribution in [3.63, 3.8) is 0 Å². The van der Waals surface area contributed by atoms with Crippen LogP contribution < -0.4 is 5.32 Å². The molecule has 1 N–H and O–H groups in total. The molecular weight excluding hydrogens is 264 g/mol. The highest BCUT2D eigenvalue weighted by molar-refractivity contribution is 7.89. The molecule has 1 aliphatic heterocycles. The Morgan fingerprint density at radius 1 is 1.37 bits per heavy atom. The number of aryl methyl sites for hydroxylation is 2. The van der Waals surface area contributed by atoms with Crippen LogP contribution in [0.15, 0.2) is 11.2 Å². The third kappa shape index (κ3) is 2.68. The van der Waals surface area contributed by atoms with Crippen LogP contribution in [0.3, 0.4) is 0 Å². The highest BCUT2D eigenvalue weighted by Crippen LogP contribution is 2.25. The fraction of sp³-hybridized carbons (Fsp3) is 0.750. The van der Waals surface area contributed by atoms with Gasteiger partial charge in [0.25, 0.3) is 10.0 Å². The minimum Gasteiger partial charge on any atom is -0.337 e. The highest BCUT2D eigenvalue weighted by atomic mass is 32.2. The molecule has 0 atom stereocenters. The van der Waals surface area contributed by atoms with Crippen LogP contribution in [-0.4, -0.2) is 48.0 Å². The molecule has 7 heteroatoms. The molecule has 0 spiro atoms. The van der Waals surface area contributed by atoms with Crippen molar-refractivity contribution in [2.24, 2.45) is 7.05 Å². The lowest BCUT2D eigenvalue weighted by atomic mass is 9.91. The Morgan fingerprint density at radius 2 is 1.95 bits per heavy atom. The van der Waals surface area contributed by atoms with Gasteiger partial charge in [-0.1, -0.05) is 0 Å². The third-order valence-electron chi connectivity index (χ3n) is 4.12. The maximum Gasteiger partial charge on any atom is 0.262 e. The van der Waals surface area contributed by atoms with Crippen molar-refractivity contribution < 1.29 is 8.42 Å². The SMILES string of the molecule is CNC1(C)CCN(S(=O)(=O)c2cn(C)c(C)n2)CC1. The molecule has 1 fully saturated rings. The monoisotopic (exact) mass is 286 g/mol. The summed E-state index contributed by atoms with van der Waals surface area (Å²) in [5.41, 5.74) is 0.0338. The van der Waals surface area contributed by atoms with Gasteiger partial charge in [-0.15, -0.1) is 0 Å². The molecule has 0 saturated carbocycles. The number of hydrogen-bond donors (Lipinski definition) is 1. The Bertz CT molecular complexity index is 537.